The van der Waals surface area contributed by atoms with Crippen LogP contribution in [0.25, 0.3) is 0 Å². The van der Waals surface area contributed by atoms with Gasteiger partial charge in [0, 0.05) is 0 Å². The summed E-state index contributed by atoms with van der Waals surface area (Å²) in [6.45, 7) is -2.39. The Labute approximate surface area is 45.1 Å². The second-order valence-corrected chi connectivity index (χ2v) is 1.32. The van der Waals surface area contributed by atoms with Crippen LogP contribution in [-0.4, -0.2) is 19.3 Å². The molecule has 0 unspecified atom stereocenters. The van der Waals surface area contributed by atoms with Gasteiger partial charge in [-0.25, -0.2) is 9.90 Å². The van der Waals surface area contributed by atoms with Crippen LogP contribution in [0.2, 0.25) is 0 Å². The minimum Gasteiger partial charge on any atom is -0.250 e. The summed E-state index contributed by atoms with van der Waals surface area (Å²) in [5.41, 5.74) is 0. The Bertz CT molecular complexity index is 80.1. The monoisotopic (exact) mass is 123 g/mol. The van der Waals surface area contributed by atoms with Crippen LogP contribution >= 0.6 is 0 Å². The van der Waals surface area contributed by atoms with Crippen molar-refractivity contribution in [1.82, 2.24) is 0 Å². The van der Waals surface area contributed by atoms with Gasteiger partial charge >= 0.3 is 5.97 Å². The molecular formula is C4H5F2O2. The molecule has 0 aromatic heterocycles. The van der Waals surface area contributed by atoms with Crippen molar-refractivity contribution in [3.8, 4) is 0 Å². The maximum atomic E-state index is 11.2. The third-order valence-corrected chi connectivity index (χ3v) is 0.706. The van der Waals surface area contributed by atoms with Crippen LogP contribution in [0.5, 0.6) is 0 Å². The molecule has 0 saturated heterocycles. The highest BCUT2D eigenvalue weighted by Crippen LogP contribution is 1.97. The molecule has 0 heterocycles. The van der Waals surface area contributed by atoms with E-state index in [1.807, 2.05) is 0 Å². The first-order valence-corrected chi connectivity index (χ1v) is 2.05. The molecule has 47 valence electrons. The molecule has 0 bridgehead atoms. The number of alkyl halides is 2. The van der Waals surface area contributed by atoms with E-state index >= 15 is 0 Å². The minimum absolute atomic E-state index is 1.20. The second kappa shape index (κ2) is 3.35. The first kappa shape index (κ1) is 7.33. The summed E-state index contributed by atoms with van der Waals surface area (Å²) < 4.78 is 22.5. The lowest BCUT2D eigenvalue weighted by molar-refractivity contribution is -0.149. The molecule has 2 nitrogen and oxygen atoms in total. The summed E-state index contributed by atoms with van der Waals surface area (Å²) in [6.07, 6.45) is 0. The highest BCUT2D eigenvalue weighted by Gasteiger charge is 2.17. The van der Waals surface area contributed by atoms with Crippen molar-refractivity contribution in [3.63, 3.8) is 0 Å². The first-order valence-electron chi connectivity index (χ1n) is 2.05. The van der Waals surface area contributed by atoms with Gasteiger partial charge in [-0.2, -0.15) is 0 Å². The van der Waals surface area contributed by atoms with Gasteiger partial charge in [0.2, 0.25) is 0 Å². The van der Waals surface area contributed by atoms with Crippen molar-refractivity contribution < 1.29 is 18.7 Å². The minimum atomic E-state index is -1.67. The van der Waals surface area contributed by atoms with E-state index < -0.39 is 25.2 Å². The zero-order valence-electron chi connectivity index (χ0n) is 4.06. The van der Waals surface area contributed by atoms with E-state index in [2.05, 4.69) is 0 Å². The van der Waals surface area contributed by atoms with Gasteiger partial charge in [0.15, 0.2) is 0 Å². The van der Waals surface area contributed by atoms with Crippen LogP contribution in [0.1, 0.15) is 0 Å². The number of rotatable bonds is 3. The fourth-order valence-electron chi connectivity index (χ4n) is 0.167. The van der Waals surface area contributed by atoms with Gasteiger partial charge in [0.25, 0.3) is 0 Å². The predicted octanol–water partition coefficient (Wildman–Crippen LogP) is 0.499. The maximum absolute atomic E-state index is 11.2. The molecule has 0 rings (SSSR count). The maximum Gasteiger partial charge on any atom is 0.363 e. The Morgan fingerprint density at radius 3 is 1.75 bits per heavy atom. The van der Waals surface area contributed by atoms with Gasteiger partial charge in [0.05, 0.1) is 0 Å². The fraction of sp³-hybridized carbons (Fsp3) is 0.750. The topological polar surface area (TPSA) is 37.0 Å². The van der Waals surface area contributed by atoms with Crippen molar-refractivity contribution in [2.45, 2.75) is 0 Å². The standard InChI is InChI=1S/C4H5F2O2/c5-1-3(2-6)4(7)8/h3H,1-2H2. The molecular weight excluding hydrogens is 118 g/mol. The molecule has 0 aromatic rings. The van der Waals surface area contributed by atoms with Crippen molar-refractivity contribution in [2.75, 3.05) is 13.3 Å². The van der Waals surface area contributed by atoms with Crippen LogP contribution in [0, 0.1) is 5.92 Å². The Morgan fingerprint density at radius 2 is 1.75 bits per heavy atom. The number of hydrogen-bond donors (Lipinski definition) is 0. The Balaban J connectivity index is 3.52. The summed E-state index contributed by atoms with van der Waals surface area (Å²) in [6, 6.07) is 0. The predicted molar refractivity (Wildman–Crippen MR) is 21.1 cm³/mol. The number of carbonyl (C=O) groups excluding carboxylic acids is 1. The first-order chi connectivity index (χ1) is 3.72. The van der Waals surface area contributed by atoms with E-state index in [1.54, 1.807) is 0 Å². The Hall–Kier alpha value is -0.670. The molecule has 8 heavy (non-hydrogen) atoms. The van der Waals surface area contributed by atoms with Gasteiger partial charge < -0.3 is 0 Å². The number of halogens is 2. The lowest BCUT2D eigenvalue weighted by Crippen LogP contribution is -2.16. The number of carbonyl (C=O) groups is 1. The summed E-state index contributed by atoms with van der Waals surface area (Å²) in [7, 11) is 0. The van der Waals surface area contributed by atoms with Crippen LogP contribution in [-0.2, 0) is 9.90 Å². The highest BCUT2D eigenvalue weighted by molar-refractivity contribution is 5.69. The van der Waals surface area contributed by atoms with E-state index in [4.69, 9.17) is 0 Å². The largest absolute Gasteiger partial charge is 0.363 e. The molecule has 0 spiro atoms. The van der Waals surface area contributed by atoms with Crippen LogP contribution in [0.3, 0.4) is 0 Å². The average Bonchev–Trinajstić information content (AvgIpc) is 1.69. The average molecular weight is 123 g/mol. The third kappa shape index (κ3) is 1.86. The molecule has 0 saturated carbocycles. The third-order valence-electron chi connectivity index (χ3n) is 0.706. The zero-order chi connectivity index (χ0) is 6.57. The normalized spacial score (nSPS) is 9.88. The smallest absolute Gasteiger partial charge is 0.250 e. The molecule has 1 radical (unpaired) electrons. The van der Waals surface area contributed by atoms with Gasteiger partial charge in [-0.05, 0) is 0 Å². The van der Waals surface area contributed by atoms with E-state index in [-0.39, 0.29) is 0 Å². The van der Waals surface area contributed by atoms with Crippen molar-refractivity contribution in [2.24, 2.45) is 5.92 Å². The SMILES string of the molecule is [O]C(=O)C(CF)CF. The molecule has 0 aliphatic carbocycles. The molecule has 0 aliphatic heterocycles. The Kier molecular flexibility index (Phi) is 3.07. The lowest BCUT2D eigenvalue weighted by Gasteiger charge is -1.95. The zero-order valence-corrected chi connectivity index (χ0v) is 4.06. The van der Waals surface area contributed by atoms with Gasteiger partial charge in [0.1, 0.15) is 19.3 Å². The van der Waals surface area contributed by atoms with Crippen molar-refractivity contribution in [1.29, 1.82) is 0 Å². The highest BCUT2D eigenvalue weighted by atomic mass is 19.1. The quantitative estimate of drug-likeness (QED) is 0.538. The molecule has 0 N–H and O–H groups in total. The molecule has 0 aromatic carbocycles. The summed E-state index contributed by atoms with van der Waals surface area (Å²) >= 11 is 0. The Morgan fingerprint density at radius 1 is 1.38 bits per heavy atom. The number of hydrogen-bond acceptors (Lipinski definition) is 1. The summed E-state index contributed by atoms with van der Waals surface area (Å²) in [5.74, 6) is -3.25. The summed E-state index contributed by atoms with van der Waals surface area (Å²) in [4.78, 5) is 9.57. The van der Waals surface area contributed by atoms with Gasteiger partial charge in [-0.1, -0.05) is 0 Å². The van der Waals surface area contributed by atoms with Gasteiger partial charge in [-0.3, -0.25) is 8.78 Å². The lowest BCUT2D eigenvalue weighted by atomic mass is 10.2. The van der Waals surface area contributed by atoms with Crippen LogP contribution < -0.4 is 0 Å². The molecule has 0 fully saturated rings. The molecule has 0 atom stereocenters. The van der Waals surface area contributed by atoms with Crippen molar-refractivity contribution in [3.05, 3.63) is 0 Å². The van der Waals surface area contributed by atoms with E-state index in [9.17, 15) is 18.7 Å². The van der Waals surface area contributed by atoms with E-state index in [1.165, 1.54) is 0 Å². The van der Waals surface area contributed by atoms with Crippen LogP contribution in [0.4, 0.5) is 8.78 Å². The second-order valence-electron chi connectivity index (χ2n) is 1.32. The van der Waals surface area contributed by atoms with Gasteiger partial charge in [-0.15, -0.1) is 0 Å². The fourth-order valence-corrected chi connectivity index (χ4v) is 0.167. The molecule has 0 amide bonds. The molecule has 4 heteroatoms. The van der Waals surface area contributed by atoms with Crippen LogP contribution in [0.15, 0.2) is 0 Å². The van der Waals surface area contributed by atoms with E-state index in [0.717, 1.165) is 0 Å². The van der Waals surface area contributed by atoms with Crippen molar-refractivity contribution >= 4 is 5.97 Å². The van der Waals surface area contributed by atoms with E-state index in [0.29, 0.717) is 0 Å². The molecule has 0 aliphatic rings. The summed E-state index contributed by atoms with van der Waals surface area (Å²) in [5, 5.41) is 9.57.